The summed E-state index contributed by atoms with van der Waals surface area (Å²) in [5, 5.41) is 21.5. The van der Waals surface area contributed by atoms with Crippen molar-refractivity contribution >= 4 is 28.8 Å². The summed E-state index contributed by atoms with van der Waals surface area (Å²) in [6.07, 6.45) is -0.0105. The molecule has 1 heterocycles. The molecule has 37 heavy (non-hydrogen) atoms. The average Bonchev–Trinajstić information content (AvgIpc) is 3.15. The Labute approximate surface area is 217 Å². The van der Waals surface area contributed by atoms with Crippen LogP contribution in [0.4, 0.5) is 11.4 Å². The Morgan fingerprint density at radius 3 is 2.19 bits per heavy atom. The van der Waals surface area contributed by atoms with E-state index in [1.54, 1.807) is 48.5 Å². The maximum atomic E-state index is 13.4. The van der Waals surface area contributed by atoms with E-state index in [9.17, 15) is 19.8 Å². The van der Waals surface area contributed by atoms with Crippen molar-refractivity contribution in [1.29, 1.82) is 0 Å². The van der Waals surface area contributed by atoms with E-state index >= 15 is 0 Å². The lowest BCUT2D eigenvalue weighted by Crippen LogP contribution is -2.29. The molecule has 1 aliphatic rings. The van der Waals surface area contributed by atoms with Gasteiger partial charge in [-0.05, 0) is 93.9 Å². The highest BCUT2D eigenvalue weighted by Crippen LogP contribution is 2.43. The van der Waals surface area contributed by atoms with Crippen LogP contribution in [0.3, 0.4) is 0 Å². The maximum Gasteiger partial charge on any atom is 0.300 e. The molecule has 1 saturated heterocycles. The lowest BCUT2D eigenvalue weighted by atomic mass is 9.95. The minimum absolute atomic E-state index is 0.00448. The van der Waals surface area contributed by atoms with Gasteiger partial charge in [-0.1, -0.05) is 12.1 Å². The van der Waals surface area contributed by atoms with Crippen molar-refractivity contribution in [2.45, 2.75) is 39.8 Å². The lowest BCUT2D eigenvalue weighted by molar-refractivity contribution is -0.132. The Morgan fingerprint density at radius 1 is 0.973 bits per heavy atom. The van der Waals surface area contributed by atoms with Crippen LogP contribution in [0.15, 0.2) is 78.4 Å². The van der Waals surface area contributed by atoms with Crippen LogP contribution in [-0.4, -0.2) is 41.1 Å². The first-order chi connectivity index (χ1) is 17.7. The van der Waals surface area contributed by atoms with Crippen molar-refractivity contribution in [2.24, 2.45) is 0 Å². The molecule has 2 N–H and O–H groups in total. The molecule has 4 rings (SSSR count). The van der Waals surface area contributed by atoms with Gasteiger partial charge in [-0.3, -0.25) is 14.5 Å². The number of ketones is 1. The molecule has 7 nitrogen and oxygen atoms in total. The van der Waals surface area contributed by atoms with Crippen LogP contribution in [0.2, 0.25) is 0 Å². The molecular formula is C30H32N2O5. The fourth-order valence-corrected chi connectivity index (χ4v) is 4.64. The predicted molar refractivity (Wildman–Crippen MR) is 145 cm³/mol. The number of benzene rings is 3. The van der Waals surface area contributed by atoms with Gasteiger partial charge in [-0.15, -0.1) is 0 Å². The molecule has 7 heteroatoms. The molecule has 0 bridgehead atoms. The zero-order valence-corrected chi connectivity index (χ0v) is 21.5. The smallest absolute Gasteiger partial charge is 0.300 e. The number of hydrogen-bond acceptors (Lipinski definition) is 6. The van der Waals surface area contributed by atoms with Crippen LogP contribution < -0.4 is 14.5 Å². The van der Waals surface area contributed by atoms with Crippen LogP contribution in [-0.2, 0) is 9.59 Å². The van der Waals surface area contributed by atoms with Gasteiger partial charge in [0.25, 0.3) is 11.7 Å². The zero-order chi connectivity index (χ0) is 26.7. The van der Waals surface area contributed by atoms with Gasteiger partial charge in [-0.25, -0.2) is 0 Å². The molecule has 0 aliphatic carbocycles. The van der Waals surface area contributed by atoms with Gasteiger partial charge in [0.2, 0.25) is 0 Å². The van der Waals surface area contributed by atoms with Crippen molar-refractivity contribution in [3.05, 3.63) is 89.5 Å². The summed E-state index contributed by atoms with van der Waals surface area (Å²) in [7, 11) is 0. The molecule has 192 valence electrons. The highest BCUT2D eigenvalue weighted by molar-refractivity contribution is 6.51. The molecule has 1 unspecified atom stereocenters. The van der Waals surface area contributed by atoms with E-state index < -0.39 is 17.7 Å². The van der Waals surface area contributed by atoms with Gasteiger partial charge in [0.1, 0.15) is 17.3 Å². The number of aliphatic hydroxyl groups excluding tert-OH is 1. The van der Waals surface area contributed by atoms with Crippen LogP contribution in [0, 0.1) is 0 Å². The third-order valence-corrected chi connectivity index (χ3v) is 6.39. The summed E-state index contributed by atoms with van der Waals surface area (Å²) in [4.78, 5) is 30.3. The number of phenolic OH excluding ortho intramolecular Hbond substituents is 1. The molecule has 1 fully saturated rings. The second-order valence-electron chi connectivity index (χ2n) is 9.14. The number of aromatic hydroxyl groups is 1. The SMILES string of the molecule is CCN(CC)c1ccc(N2C(=O)C(=O)/C(=C(\O)c3ccc(OC(C)C)cc3)C2c2cccc(O)c2)cc1. The molecule has 0 saturated carbocycles. The molecule has 1 amide bonds. The van der Waals surface area contributed by atoms with Gasteiger partial charge in [0.15, 0.2) is 0 Å². The first kappa shape index (κ1) is 25.8. The molecule has 3 aromatic carbocycles. The first-order valence-electron chi connectivity index (χ1n) is 12.5. The number of anilines is 2. The molecule has 0 aromatic heterocycles. The minimum atomic E-state index is -0.919. The van der Waals surface area contributed by atoms with Crippen LogP contribution in [0.1, 0.15) is 44.9 Å². The number of carbonyl (C=O) groups is 2. The van der Waals surface area contributed by atoms with Crippen molar-refractivity contribution in [3.63, 3.8) is 0 Å². The number of carbonyl (C=O) groups excluding carboxylic acids is 2. The molecule has 1 atom stereocenters. The van der Waals surface area contributed by atoms with Crippen LogP contribution in [0.5, 0.6) is 11.5 Å². The third-order valence-electron chi connectivity index (χ3n) is 6.39. The molecule has 0 spiro atoms. The summed E-state index contributed by atoms with van der Waals surface area (Å²) >= 11 is 0. The summed E-state index contributed by atoms with van der Waals surface area (Å²) in [6.45, 7) is 9.65. The lowest BCUT2D eigenvalue weighted by Gasteiger charge is -2.27. The highest BCUT2D eigenvalue weighted by Gasteiger charge is 2.47. The Morgan fingerprint density at radius 2 is 1.62 bits per heavy atom. The number of rotatable bonds is 8. The van der Waals surface area contributed by atoms with E-state index in [0.29, 0.717) is 22.6 Å². The van der Waals surface area contributed by atoms with E-state index in [2.05, 4.69) is 18.7 Å². The number of ether oxygens (including phenoxy) is 1. The summed E-state index contributed by atoms with van der Waals surface area (Å²) in [5.74, 6) is -1.20. The van der Waals surface area contributed by atoms with E-state index in [4.69, 9.17) is 4.74 Å². The molecule has 1 aliphatic heterocycles. The number of hydrogen-bond donors (Lipinski definition) is 2. The first-order valence-corrected chi connectivity index (χ1v) is 12.5. The fourth-order valence-electron chi connectivity index (χ4n) is 4.64. The van der Waals surface area contributed by atoms with Crippen molar-refractivity contribution in [2.75, 3.05) is 22.9 Å². The number of phenols is 1. The topological polar surface area (TPSA) is 90.3 Å². The van der Waals surface area contributed by atoms with E-state index in [-0.39, 0.29) is 23.2 Å². The molecule has 0 radical (unpaired) electrons. The van der Waals surface area contributed by atoms with Gasteiger partial charge in [0.05, 0.1) is 17.7 Å². The average molecular weight is 501 g/mol. The monoisotopic (exact) mass is 500 g/mol. The Kier molecular flexibility index (Phi) is 7.53. The Hall–Kier alpha value is -4.26. The predicted octanol–water partition coefficient (Wildman–Crippen LogP) is 5.65. The van der Waals surface area contributed by atoms with Gasteiger partial charge in [-0.2, -0.15) is 0 Å². The quantitative estimate of drug-likeness (QED) is 0.236. The zero-order valence-electron chi connectivity index (χ0n) is 21.5. The number of Topliss-reactive ketones (excluding diaryl/α,β-unsaturated/α-hetero) is 1. The fraction of sp³-hybridized carbons (Fsp3) is 0.267. The summed E-state index contributed by atoms with van der Waals surface area (Å²) in [5.41, 5.74) is 2.37. The largest absolute Gasteiger partial charge is 0.508 e. The van der Waals surface area contributed by atoms with E-state index in [1.165, 1.54) is 17.0 Å². The third kappa shape index (κ3) is 5.16. The summed E-state index contributed by atoms with van der Waals surface area (Å²) in [6, 6.07) is 19.6. The number of nitrogens with zero attached hydrogens (tertiary/aromatic N) is 2. The minimum Gasteiger partial charge on any atom is -0.508 e. The maximum absolute atomic E-state index is 13.4. The van der Waals surface area contributed by atoms with Gasteiger partial charge >= 0.3 is 0 Å². The van der Waals surface area contributed by atoms with E-state index in [1.807, 2.05) is 26.0 Å². The van der Waals surface area contributed by atoms with Crippen LogP contribution >= 0.6 is 0 Å². The normalized spacial score (nSPS) is 16.9. The van der Waals surface area contributed by atoms with Gasteiger partial charge in [0, 0.05) is 30.0 Å². The van der Waals surface area contributed by atoms with Crippen molar-refractivity contribution in [3.8, 4) is 11.5 Å². The standard InChI is InChI=1S/C30H32N2O5/c1-5-31(6-2)22-12-14-23(15-13-22)32-27(21-8-7-9-24(33)18-21)26(29(35)30(32)36)28(34)20-10-16-25(17-11-20)37-19(3)4/h7-19,27,33-34H,5-6H2,1-4H3/b28-26-. The number of aliphatic hydroxyl groups is 1. The van der Waals surface area contributed by atoms with E-state index in [0.717, 1.165) is 18.8 Å². The summed E-state index contributed by atoms with van der Waals surface area (Å²) < 4.78 is 5.68. The second-order valence-corrected chi connectivity index (χ2v) is 9.14. The Balaban J connectivity index is 1.83. The van der Waals surface area contributed by atoms with Crippen molar-refractivity contribution < 1.29 is 24.5 Å². The van der Waals surface area contributed by atoms with Crippen molar-refractivity contribution in [1.82, 2.24) is 0 Å². The van der Waals surface area contributed by atoms with Gasteiger partial charge < -0.3 is 19.8 Å². The number of amides is 1. The molecule has 3 aromatic rings. The highest BCUT2D eigenvalue weighted by atomic mass is 16.5. The second kappa shape index (κ2) is 10.8. The Bertz CT molecular complexity index is 1310. The van der Waals surface area contributed by atoms with Crippen LogP contribution in [0.25, 0.3) is 5.76 Å². The molecular weight excluding hydrogens is 468 g/mol.